The van der Waals surface area contributed by atoms with Crippen LogP contribution in [0.4, 0.5) is 0 Å². The SMILES string of the molecule is CCCOC1CCCCCCCCC1. The molecule has 1 aliphatic rings. The summed E-state index contributed by atoms with van der Waals surface area (Å²) in [6, 6.07) is 0. The lowest BCUT2D eigenvalue weighted by Crippen LogP contribution is -2.14. The maximum absolute atomic E-state index is 5.86. The molecule has 0 saturated heterocycles. The van der Waals surface area contributed by atoms with Crippen LogP contribution in [0.5, 0.6) is 0 Å². The molecule has 1 heteroatoms. The van der Waals surface area contributed by atoms with Crippen molar-refractivity contribution in [2.24, 2.45) is 0 Å². The normalized spacial score (nSPS) is 22.1. The Labute approximate surface area is 89.2 Å². The minimum absolute atomic E-state index is 0.577. The highest BCUT2D eigenvalue weighted by atomic mass is 16.5. The maximum Gasteiger partial charge on any atom is 0.0575 e. The Morgan fingerprint density at radius 2 is 1.36 bits per heavy atom. The van der Waals surface area contributed by atoms with Gasteiger partial charge < -0.3 is 4.74 Å². The van der Waals surface area contributed by atoms with Gasteiger partial charge in [0.1, 0.15) is 0 Å². The molecule has 0 heterocycles. The number of ether oxygens (including phenoxy) is 1. The second-order valence-corrected chi connectivity index (χ2v) is 4.55. The van der Waals surface area contributed by atoms with E-state index in [1.807, 2.05) is 0 Å². The number of rotatable bonds is 3. The summed E-state index contributed by atoms with van der Waals surface area (Å²) in [5.74, 6) is 0. The van der Waals surface area contributed by atoms with Gasteiger partial charge in [-0.15, -0.1) is 0 Å². The zero-order valence-corrected chi connectivity index (χ0v) is 9.76. The third-order valence-electron chi connectivity index (χ3n) is 3.11. The Balaban J connectivity index is 2.16. The summed E-state index contributed by atoms with van der Waals surface area (Å²) < 4.78 is 5.86. The lowest BCUT2D eigenvalue weighted by Gasteiger charge is -2.18. The van der Waals surface area contributed by atoms with Crippen LogP contribution in [-0.4, -0.2) is 12.7 Å². The van der Waals surface area contributed by atoms with Gasteiger partial charge in [-0.1, -0.05) is 51.9 Å². The molecule has 1 fully saturated rings. The molecule has 0 N–H and O–H groups in total. The van der Waals surface area contributed by atoms with Crippen molar-refractivity contribution in [1.82, 2.24) is 0 Å². The van der Waals surface area contributed by atoms with E-state index in [4.69, 9.17) is 4.74 Å². The monoisotopic (exact) mass is 198 g/mol. The zero-order valence-electron chi connectivity index (χ0n) is 9.76. The standard InChI is InChI=1S/C13H26O/c1-2-12-14-13-10-8-6-4-3-5-7-9-11-13/h13H,2-12H2,1H3. The molecule has 1 rings (SSSR count). The first-order chi connectivity index (χ1) is 6.93. The summed E-state index contributed by atoms with van der Waals surface area (Å²) in [6.45, 7) is 3.16. The fraction of sp³-hybridized carbons (Fsp3) is 1.00. The summed E-state index contributed by atoms with van der Waals surface area (Å²) in [7, 11) is 0. The van der Waals surface area contributed by atoms with Gasteiger partial charge in [0.15, 0.2) is 0 Å². The van der Waals surface area contributed by atoms with E-state index in [0.29, 0.717) is 6.10 Å². The minimum atomic E-state index is 0.577. The van der Waals surface area contributed by atoms with E-state index >= 15 is 0 Å². The minimum Gasteiger partial charge on any atom is -0.378 e. The molecule has 0 unspecified atom stereocenters. The summed E-state index contributed by atoms with van der Waals surface area (Å²) in [4.78, 5) is 0. The van der Waals surface area contributed by atoms with Gasteiger partial charge >= 0.3 is 0 Å². The second kappa shape index (κ2) is 8.28. The van der Waals surface area contributed by atoms with Crippen molar-refractivity contribution in [2.75, 3.05) is 6.61 Å². The van der Waals surface area contributed by atoms with Crippen LogP contribution >= 0.6 is 0 Å². The van der Waals surface area contributed by atoms with Crippen molar-refractivity contribution >= 4 is 0 Å². The Kier molecular flexibility index (Phi) is 7.12. The molecule has 0 spiro atoms. The van der Waals surface area contributed by atoms with Crippen LogP contribution in [-0.2, 0) is 4.74 Å². The first-order valence-corrected chi connectivity index (χ1v) is 6.55. The van der Waals surface area contributed by atoms with Gasteiger partial charge in [-0.3, -0.25) is 0 Å². The molecule has 0 radical (unpaired) electrons. The zero-order chi connectivity index (χ0) is 10.1. The fourth-order valence-electron chi connectivity index (χ4n) is 2.22. The molecule has 1 aliphatic carbocycles. The van der Waals surface area contributed by atoms with Gasteiger partial charge in [-0.2, -0.15) is 0 Å². The largest absolute Gasteiger partial charge is 0.378 e. The average Bonchev–Trinajstić information content (AvgIpc) is 2.23. The van der Waals surface area contributed by atoms with Crippen molar-refractivity contribution in [1.29, 1.82) is 0 Å². The highest BCUT2D eigenvalue weighted by molar-refractivity contribution is 4.61. The first kappa shape index (κ1) is 12.0. The Hall–Kier alpha value is -0.0400. The highest BCUT2D eigenvalue weighted by Crippen LogP contribution is 2.18. The lowest BCUT2D eigenvalue weighted by atomic mass is 9.99. The highest BCUT2D eigenvalue weighted by Gasteiger charge is 2.09. The molecule has 84 valence electrons. The predicted molar refractivity (Wildman–Crippen MR) is 61.6 cm³/mol. The van der Waals surface area contributed by atoms with Gasteiger partial charge in [0.25, 0.3) is 0 Å². The summed E-state index contributed by atoms with van der Waals surface area (Å²) in [5.41, 5.74) is 0. The molecule has 14 heavy (non-hydrogen) atoms. The molecule has 0 aromatic carbocycles. The third-order valence-corrected chi connectivity index (χ3v) is 3.11. The number of hydrogen-bond acceptors (Lipinski definition) is 1. The summed E-state index contributed by atoms with van der Waals surface area (Å²) in [5, 5.41) is 0. The predicted octanol–water partition coefficient (Wildman–Crippen LogP) is 4.31. The lowest BCUT2D eigenvalue weighted by molar-refractivity contribution is 0.0378. The second-order valence-electron chi connectivity index (χ2n) is 4.55. The molecule has 0 aliphatic heterocycles. The van der Waals surface area contributed by atoms with Gasteiger partial charge in [-0.25, -0.2) is 0 Å². The van der Waals surface area contributed by atoms with E-state index in [-0.39, 0.29) is 0 Å². The molecule has 0 aromatic heterocycles. The average molecular weight is 198 g/mol. The van der Waals surface area contributed by atoms with Crippen molar-refractivity contribution in [3.63, 3.8) is 0 Å². The Morgan fingerprint density at radius 1 is 0.857 bits per heavy atom. The van der Waals surface area contributed by atoms with Crippen molar-refractivity contribution < 1.29 is 4.74 Å². The Morgan fingerprint density at radius 3 is 1.86 bits per heavy atom. The van der Waals surface area contributed by atoms with Crippen LogP contribution in [0.3, 0.4) is 0 Å². The van der Waals surface area contributed by atoms with Crippen LogP contribution < -0.4 is 0 Å². The van der Waals surface area contributed by atoms with E-state index in [1.165, 1.54) is 57.8 Å². The van der Waals surface area contributed by atoms with Crippen LogP contribution in [0.25, 0.3) is 0 Å². The molecule has 0 bridgehead atoms. The molecular weight excluding hydrogens is 172 g/mol. The van der Waals surface area contributed by atoms with Crippen molar-refractivity contribution in [2.45, 2.75) is 77.2 Å². The van der Waals surface area contributed by atoms with Gasteiger partial charge in [-0.05, 0) is 19.3 Å². The van der Waals surface area contributed by atoms with Gasteiger partial charge in [0.2, 0.25) is 0 Å². The Bertz CT molecular complexity index is 112. The molecule has 0 atom stereocenters. The maximum atomic E-state index is 5.86. The van der Waals surface area contributed by atoms with Crippen molar-refractivity contribution in [3.8, 4) is 0 Å². The molecule has 0 aromatic rings. The quantitative estimate of drug-likeness (QED) is 0.656. The smallest absolute Gasteiger partial charge is 0.0575 e. The van der Waals surface area contributed by atoms with Crippen molar-refractivity contribution in [3.05, 3.63) is 0 Å². The van der Waals surface area contributed by atoms with E-state index < -0.39 is 0 Å². The third kappa shape index (κ3) is 5.64. The molecule has 0 amide bonds. The van der Waals surface area contributed by atoms with Crippen LogP contribution in [0.15, 0.2) is 0 Å². The van der Waals surface area contributed by atoms with Gasteiger partial charge in [0.05, 0.1) is 6.10 Å². The topological polar surface area (TPSA) is 9.23 Å². The van der Waals surface area contributed by atoms with E-state index in [1.54, 1.807) is 0 Å². The van der Waals surface area contributed by atoms with Gasteiger partial charge in [0, 0.05) is 6.61 Å². The summed E-state index contributed by atoms with van der Waals surface area (Å²) in [6.07, 6.45) is 14.3. The van der Waals surface area contributed by atoms with E-state index in [0.717, 1.165) is 13.0 Å². The van der Waals surface area contributed by atoms with Crippen LogP contribution in [0, 0.1) is 0 Å². The fourth-order valence-corrected chi connectivity index (χ4v) is 2.22. The summed E-state index contributed by atoms with van der Waals surface area (Å²) >= 11 is 0. The molecular formula is C13H26O. The van der Waals surface area contributed by atoms with E-state index in [9.17, 15) is 0 Å². The first-order valence-electron chi connectivity index (χ1n) is 6.55. The molecule has 1 nitrogen and oxygen atoms in total. The van der Waals surface area contributed by atoms with Crippen LogP contribution in [0.1, 0.15) is 71.1 Å². The van der Waals surface area contributed by atoms with E-state index in [2.05, 4.69) is 6.92 Å². The number of hydrogen-bond donors (Lipinski definition) is 0. The van der Waals surface area contributed by atoms with Crippen LogP contribution in [0.2, 0.25) is 0 Å². The molecule has 1 saturated carbocycles.